The van der Waals surface area contributed by atoms with E-state index in [4.69, 9.17) is 33.2 Å². The van der Waals surface area contributed by atoms with Gasteiger partial charge in [-0.2, -0.15) is 0 Å². The van der Waals surface area contributed by atoms with Crippen molar-refractivity contribution in [2.75, 3.05) is 53.4 Å². The van der Waals surface area contributed by atoms with Crippen molar-refractivity contribution in [2.45, 2.75) is 45.6 Å². The minimum absolute atomic E-state index is 0.321. The molecule has 0 aromatic rings. The van der Waals surface area contributed by atoms with Crippen molar-refractivity contribution in [1.82, 2.24) is 0 Å². The highest BCUT2D eigenvalue weighted by atomic mass is 16.9. The van der Waals surface area contributed by atoms with Gasteiger partial charge in [-0.15, -0.1) is 0 Å². The Kier molecular flexibility index (Phi) is 6.79. The standard InChI is InChI=1S/C16H30O7/c1-5-7-18-8-9-19-16(6-2)22-12-15(13-23-16)10-20-14(3,17-4)21-11-15/h5-13H2,1-4H3. The average molecular weight is 334 g/mol. The normalized spacial score (nSPS) is 38.1. The predicted molar refractivity (Wildman–Crippen MR) is 81.7 cm³/mol. The van der Waals surface area contributed by atoms with Gasteiger partial charge < -0.3 is 33.2 Å². The molecule has 0 atom stereocenters. The highest BCUT2D eigenvalue weighted by Crippen LogP contribution is 2.38. The van der Waals surface area contributed by atoms with Crippen molar-refractivity contribution in [3.05, 3.63) is 0 Å². The molecule has 1 spiro atoms. The van der Waals surface area contributed by atoms with Crippen molar-refractivity contribution in [3.8, 4) is 0 Å². The molecule has 2 heterocycles. The molecule has 7 heteroatoms. The highest BCUT2D eigenvalue weighted by molar-refractivity contribution is 4.86. The van der Waals surface area contributed by atoms with E-state index in [-0.39, 0.29) is 5.41 Å². The fraction of sp³-hybridized carbons (Fsp3) is 1.00. The van der Waals surface area contributed by atoms with Crippen LogP contribution in [-0.4, -0.2) is 65.3 Å². The lowest BCUT2D eigenvalue weighted by Gasteiger charge is -2.49. The van der Waals surface area contributed by atoms with Gasteiger partial charge in [0.1, 0.15) is 0 Å². The van der Waals surface area contributed by atoms with Gasteiger partial charge >= 0.3 is 0 Å². The van der Waals surface area contributed by atoms with Crippen LogP contribution in [0.2, 0.25) is 0 Å². The van der Waals surface area contributed by atoms with Crippen LogP contribution in [0.3, 0.4) is 0 Å². The molecule has 0 aromatic heterocycles. The van der Waals surface area contributed by atoms with Gasteiger partial charge in [0.25, 0.3) is 11.9 Å². The van der Waals surface area contributed by atoms with Crippen LogP contribution in [0.1, 0.15) is 33.6 Å². The average Bonchev–Trinajstić information content (AvgIpc) is 2.60. The molecule has 0 aromatic carbocycles. The fourth-order valence-electron chi connectivity index (χ4n) is 2.44. The summed E-state index contributed by atoms with van der Waals surface area (Å²) in [5, 5.41) is 0. The molecule has 136 valence electrons. The maximum atomic E-state index is 5.92. The predicted octanol–water partition coefficient (Wildman–Crippen LogP) is 1.89. The van der Waals surface area contributed by atoms with E-state index >= 15 is 0 Å². The summed E-state index contributed by atoms with van der Waals surface area (Å²) in [6.07, 6.45) is 1.60. The second-order valence-electron chi connectivity index (χ2n) is 6.22. The highest BCUT2D eigenvalue weighted by Gasteiger charge is 2.50. The summed E-state index contributed by atoms with van der Waals surface area (Å²) in [5.74, 6) is -1.99. The van der Waals surface area contributed by atoms with Crippen molar-refractivity contribution in [2.24, 2.45) is 5.41 Å². The summed E-state index contributed by atoms with van der Waals surface area (Å²) in [6, 6.07) is 0. The minimum atomic E-state index is -0.997. The van der Waals surface area contributed by atoms with Gasteiger partial charge in [-0.1, -0.05) is 13.8 Å². The zero-order valence-electron chi connectivity index (χ0n) is 14.7. The maximum absolute atomic E-state index is 5.92. The molecule has 0 bridgehead atoms. The molecule has 23 heavy (non-hydrogen) atoms. The number of hydrogen-bond donors (Lipinski definition) is 0. The van der Waals surface area contributed by atoms with Crippen LogP contribution in [0.15, 0.2) is 0 Å². The molecule has 7 nitrogen and oxygen atoms in total. The lowest BCUT2D eigenvalue weighted by molar-refractivity contribution is -0.458. The SMILES string of the molecule is CCCOCCOC1(CC)OCC2(COC(C)(OC)OC2)CO1. The second-order valence-corrected chi connectivity index (χ2v) is 6.22. The van der Waals surface area contributed by atoms with E-state index in [9.17, 15) is 0 Å². The summed E-state index contributed by atoms with van der Waals surface area (Å²) in [4.78, 5) is 0. The van der Waals surface area contributed by atoms with E-state index in [1.807, 2.05) is 6.92 Å². The van der Waals surface area contributed by atoms with Crippen molar-refractivity contribution < 1.29 is 33.2 Å². The molecule has 0 radical (unpaired) electrons. The van der Waals surface area contributed by atoms with Crippen molar-refractivity contribution in [1.29, 1.82) is 0 Å². The first-order valence-corrected chi connectivity index (χ1v) is 8.34. The van der Waals surface area contributed by atoms with Crippen LogP contribution < -0.4 is 0 Å². The Hall–Kier alpha value is -0.280. The molecule has 0 unspecified atom stereocenters. The molecule has 2 aliphatic heterocycles. The van der Waals surface area contributed by atoms with Gasteiger partial charge in [0.15, 0.2) is 0 Å². The molecule has 2 rings (SSSR count). The van der Waals surface area contributed by atoms with Gasteiger partial charge in [-0.25, -0.2) is 0 Å². The van der Waals surface area contributed by atoms with Crippen LogP contribution in [0.25, 0.3) is 0 Å². The van der Waals surface area contributed by atoms with E-state index in [2.05, 4.69) is 6.92 Å². The van der Waals surface area contributed by atoms with Gasteiger partial charge in [0.2, 0.25) is 0 Å². The van der Waals surface area contributed by atoms with Crippen LogP contribution in [0.4, 0.5) is 0 Å². The van der Waals surface area contributed by atoms with E-state index in [1.54, 1.807) is 14.0 Å². The van der Waals surface area contributed by atoms with E-state index in [0.29, 0.717) is 46.1 Å². The third-order valence-electron chi connectivity index (χ3n) is 4.18. The number of rotatable bonds is 8. The summed E-state index contributed by atoms with van der Waals surface area (Å²) in [7, 11) is 1.56. The van der Waals surface area contributed by atoms with Gasteiger partial charge in [-0.05, 0) is 6.42 Å². The summed E-state index contributed by atoms with van der Waals surface area (Å²) in [5.41, 5.74) is -0.321. The summed E-state index contributed by atoms with van der Waals surface area (Å²) in [6.45, 7) is 9.33. The molecular formula is C16H30O7. The minimum Gasteiger partial charge on any atom is -0.379 e. The Morgan fingerprint density at radius 3 is 2.00 bits per heavy atom. The Labute approximate surface area is 138 Å². The molecule has 2 fully saturated rings. The largest absolute Gasteiger partial charge is 0.379 e. The molecule has 0 aliphatic carbocycles. The number of ether oxygens (including phenoxy) is 7. The molecule has 0 amide bonds. The van der Waals surface area contributed by atoms with Crippen LogP contribution >= 0.6 is 0 Å². The van der Waals surface area contributed by atoms with E-state index < -0.39 is 11.9 Å². The quantitative estimate of drug-likeness (QED) is 0.628. The van der Waals surface area contributed by atoms with E-state index in [1.165, 1.54) is 0 Å². The molecule has 2 saturated heterocycles. The van der Waals surface area contributed by atoms with Gasteiger partial charge in [0.05, 0.1) is 45.1 Å². The van der Waals surface area contributed by atoms with E-state index in [0.717, 1.165) is 13.0 Å². The Bertz CT molecular complexity index is 342. The monoisotopic (exact) mass is 334 g/mol. The smallest absolute Gasteiger partial charge is 0.282 e. The maximum Gasteiger partial charge on any atom is 0.282 e. The lowest BCUT2D eigenvalue weighted by atomic mass is 9.90. The first-order chi connectivity index (χ1) is 11.0. The Morgan fingerprint density at radius 1 is 0.870 bits per heavy atom. The topological polar surface area (TPSA) is 64.6 Å². The summed E-state index contributed by atoms with van der Waals surface area (Å²) < 4.78 is 39.6. The molecule has 0 saturated carbocycles. The second kappa shape index (κ2) is 8.20. The number of methoxy groups -OCH3 is 1. The van der Waals surface area contributed by atoms with Crippen LogP contribution in [0, 0.1) is 5.41 Å². The van der Waals surface area contributed by atoms with Gasteiger partial charge in [-0.3, -0.25) is 0 Å². The summed E-state index contributed by atoms with van der Waals surface area (Å²) >= 11 is 0. The molecular weight excluding hydrogens is 304 g/mol. The van der Waals surface area contributed by atoms with Crippen molar-refractivity contribution >= 4 is 0 Å². The Morgan fingerprint density at radius 2 is 1.48 bits per heavy atom. The molecule has 2 aliphatic rings. The zero-order valence-corrected chi connectivity index (χ0v) is 14.7. The van der Waals surface area contributed by atoms with Gasteiger partial charge in [0, 0.05) is 27.1 Å². The van der Waals surface area contributed by atoms with Crippen LogP contribution in [0.5, 0.6) is 0 Å². The van der Waals surface area contributed by atoms with Crippen molar-refractivity contribution in [3.63, 3.8) is 0 Å². The first-order valence-electron chi connectivity index (χ1n) is 8.34. The number of hydrogen-bond acceptors (Lipinski definition) is 7. The lowest BCUT2D eigenvalue weighted by Crippen LogP contribution is -2.59. The zero-order chi connectivity index (χ0) is 16.8. The third kappa shape index (κ3) is 4.85. The fourth-order valence-corrected chi connectivity index (χ4v) is 2.44. The molecule has 0 N–H and O–H groups in total. The first kappa shape index (κ1) is 19.1. The Balaban J connectivity index is 1.79. The third-order valence-corrected chi connectivity index (χ3v) is 4.18. The van der Waals surface area contributed by atoms with Crippen LogP contribution in [-0.2, 0) is 33.2 Å².